The lowest BCUT2D eigenvalue weighted by molar-refractivity contribution is 0.0697. The minimum absolute atomic E-state index is 0. The van der Waals surface area contributed by atoms with E-state index in [0.717, 1.165) is 37.4 Å². The average Bonchev–Trinajstić information content (AvgIpc) is 2.96. The zero-order chi connectivity index (χ0) is 11.4. The minimum Gasteiger partial charge on any atom is -0.334 e. The predicted octanol–water partition coefficient (Wildman–Crippen LogP) is 2.38. The molecule has 0 radical (unpaired) electrons. The smallest absolute Gasteiger partial charge is 0.264 e. The second-order valence-electron chi connectivity index (χ2n) is 4.12. The Hall–Kier alpha value is -0.580. The van der Waals surface area contributed by atoms with Crippen molar-refractivity contribution in [3.8, 4) is 0 Å². The van der Waals surface area contributed by atoms with Crippen molar-refractivity contribution in [2.24, 2.45) is 0 Å². The van der Waals surface area contributed by atoms with Crippen LogP contribution in [0.2, 0.25) is 0 Å². The maximum absolute atomic E-state index is 12.3. The molecule has 1 aliphatic rings. The number of amides is 1. The van der Waals surface area contributed by atoms with Crippen LogP contribution in [0.1, 0.15) is 29.4 Å². The fraction of sp³-hybridized carbons (Fsp3) is 0.583. The lowest BCUT2D eigenvalue weighted by Crippen LogP contribution is -2.41. The first-order valence-corrected chi connectivity index (χ1v) is 6.76. The van der Waals surface area contributed by atoms with E-state index >= 15 is 0 Å². The Bertz CT molecular complexity index is 336. The van der Waals surface area contributed by atoms with Gasteiger partial charge in [-0.25, -0.2) is 0 Å². The zero-order valence-electron chi connectivity index (χ0n) is 10.0. The largest absolute Gasteiger partial charge is 0.334 e. The third kappa shape index (κ3) is 3.44. The van der Waals surface area contributed by atoms with Gasteiger partial charge in [0.05, 0.1) is 4.88 Å². The Morgan fingerprint density at radius 2 is 2.47 bits per heavy atom. The Morgan fingerprint density at radius 3 is 3.00 bits per heavy atom. The second kappa shape index (κ2) is 6.99. The van der Waals surface area contributed by atoms with E-state index in [9.17, 15) is 4.79 Å². The van der Waals surface area contributed by atoms with Crippen molar-refractivity contribution in [2.75, 3.05) is 19.6 Å². The number of hydrogen-bond donors (Lipinski definition) is 1. The molecule has 1 amide bonds. The van der Waals surface area contributed by atoms with E-state index in [-0.39, 0.29) is 18.3 Å². The number of hydrogen-bond acceptors (Lipinski definition) is 3. The Balaban J connectivity index is 0.00000144. The first-order valence-electron chi connectivity index (χ1n) is 5.88. The summed E-state index contributed by atoms with van der Waals surface area (Å²) >= 11 is 1.53. The summed E-state index contributed by atoms with van der Waals surface area (Å²) in [7, 11) is 0. The van der Waals surface area contributed by atoms with Gasteiger partial charge in [0.2, 0.25) is 0 Å². The number of rotatable bonds is 4. The van der Waals surface area contributed by atoms with Crippen molar-refractivity contribution in [1.82, 2.24) is 10.2 Å². The fourth-order valence-corrected chi connectivity index (χ4v) is 2.82. The van der Waals surface area contributed by atoms with Gasteiger partial charge in [0.1, 0.15) is 0 Å². The van der Waals surface area contributed by atoms with E-state index in [4.69, 9.17) is 0 Å². The van der Waals surface area contributed by atoms with Crippen LogP contribution in [0.25, 0.3) is 0 Å². The SMILES string of the molecule is CCCN(C(=O)c1cccs1)C1CCNC1.Cl. The summed E-state index contributed by atoms with van der Waals surface area (Å²) in [6.07, 6.45) is 2.10. The molecule has 0 aromatic carbocycles. The first-order chi connectivity index (χ1) is 7.83. The summed E-state index contributed by atoms with van der Waals surface area (Å²) in [5.74, 6) is 0.200. The second-order valence-corrected chi connectivity index (χ2v) is 5.07. The summed E-state index contributed by atoms with van der Waals surface area (Å²) in [5, 5.41) is 5.28. The molecule has 1 N–H and O–H groups in total. The van der Waals surface area contributed by atoms with Gasteiger partial charge in [0.15, 0.2) is 0 Å². The molecule has 1 atom stereocenters. The quantitative estimate of drug-likeness (QED) is 0.914. The van der Waals surface area contributed by atoms with E-state index < -0.39 is 0 Å². The molecule has 1 unspecified atom stereocenters. The zero-order valence-corrected chi connectivity index (χ0v) is 11.6. The predicted molar refractivity (Wildman–Crippen MR) is 74.2 cm³/mol. The van der Waals surface area contributed by atoms with Gasteiger partial charge in [0, 0.05) is 19.1 Å². The maximum Gasteiger partial charge on any atom is 0.264 e. The topological polar surface area (TPSA) is 32.3 Å². The molecular weight excluding hydrogens is 256 g/mol. The Kier molecular flexibility index (Phi) is 5.95. The van der Waals surface area contributed by atoms with Crippen molar-refractivity contribution in [1.29, 1.82) is 0 Å². The molecule has 1 saturated heterocycles. The molecule has 1 aromatic rings. The summed E-state index contributed by atoms with van der Waals surface area (Å²) in [5.41, 5.74) is 0. The highest BCUT2D eigenvalue weighted by atomic mass is 35.5. The van der Waals surface area contributed by atoms with Crippen LogP contribution in [-0.2, 0) is 0 Å². The van der Waals surface area contributed by atoms with Crippen LogP contribution >= 0.6 is 23.7 Å². The van der Waals surface area contributed by atoms with Crippen molar-refractivity contribution in [3.63, 3.8) is 0 Å². The van der Waals surface area contributed by atoms with Gasteiger partial charge < -0.3 is 10.2 Å². The molecule has 0 saturated carbocycles. The minimum atomic E-state index is 0. The summed E-state index contributed by atoms with van der Waals surface area (Å²) in [6, 6.07) is 4.24. The van der Waals surface area contributed by atoms with E-state index in [0.29, 0.717) is 6.04 Å². The van der Waals surface area contributed by atoms with Gasteiger partial charge in [-0.2, -0.15) is 0 Å². The molecule has 1 aliphatic heterocycles. The van der Waals surface area contributed by atoms with Gasteiger partial charge in [-0.05, 0) is 30.8 Å². The van der Waals surface area contributed by atoms with Crippen molar-refractivity contribution < 1.29 is 4.79 Å². The van der Waals surface area contributed by atoms with Gasteiger partial charge in [-0.3, -0.25) is 4.79 Å². The van der Waals surface area contributed by atoms with Crippen molar-refractivity contribution >= 4 is 29.7 Å². The number of carbonyl (C=O) groups is 1. The van der Waals surface area contributed by atoms with Crippen molar-refractivity contribution in [2.45, 2.75) is 25.8 Å². The van der Waals surface area contributed by atoms with E-state index in [1.54, 1.807) is 0 Å². The number of carbonyl (C=O) groups excluding carboxylic acids is 1. The van der Waals surface area contributed by atoms with E-state index in [1.165, 1.54) is 11.3 Å². The molecule has 1 fully saturated rings. The molecular formula is C12H19ClN2OS. The summed E-state index contributed by atoms with van der Waals surface area (Å²) < 4.78 is 0. The van der Waals surface area contributed by atoms with Gasteiger partial charge >= 0.3 is 0 Å². The molecule has 0 aliphatic carbocycles. The van der Waals surface area contributed by atoms with E-state index in [1.807, 2.05) is 22.4 Å². The van der Waals surface area contributed by atoms with Crippen LogP contribution in [0, 0.1) is 0 Å². The van der Waals surface area contributed by atoms with Gasteiger partial charge in [0.25, 0.3) is 5.91 Å². The number of thiophene rings is 1. The lowest BCUT2D eigenvalue weighted by Gasteiger charge is -2.27. The van der Waals surface area contributed by atoms with Crippen LogP contribution in [0.5, 0.6) is 0 Å². The highest BCUT2D eigenvalue weighted by Crippen LogP contribution is 2.17. The highest BCUT2D eigenvalue weighted by molar-refractivity contribution is 7.12. The summed E-state index contributed by atoms with van der Waals surface area (Å²) in [6.45, 7) is 4.96. The van der Waals surface area contributed by atoms with Crippen LogP contribution in [0.15, 0.2) is 17.5 Å². The van der Waals surface area contributed by atoms with Crippen LogP contribution in [-0.4, -0.2) is 36.5 Å². The Labute approximate surface area is 113 Å². The molecule has 2 heterocycles. The molecule has 3 nitrogen and oxygen atoms in total. The monoisotopic (exact) mass is 274 g/mol. The van der Waals surface area contributed by atoms with E-state index in [2.05, 4.69) is 12.2 Å². The summed E-state index contributed by atoms with van der Waals surface area (Å²) in [4.78, 5) is 15.2. The highest BCUT2D eigenvalue weighted by Gasteiger charge is 2.26. The van der Waals surface area contributed by atoms with Gasteiger partial charge in [-0.1, -0.05) is 13.0 Å². The van der Waals surface area contributed by atoms with Gasteiger partial charge in [-0.15, -0.1) is 23.7 Å². The third-order valence-corrected chi connectivity index (χ3v) is 3.79. The normalized spacial score (nSPS) is 18.8. The maximum atomic E-state index is 12.3. The molecule has 5 heteroatoms. The number of nitrogens with zero attached hydrogens (tertiary/aromatic N) is 1. The first kappa shape index (κ1) is 14.5. The lowest BCUT2D eigenvalue weighted by atomic mass is 10.2. The molecule has 96 valence electrons. The number of halogens is 1. The van der Waals surface area contributed by atoms with Crippen LogP contribution in [0.3, 0.4) is 0 Å². The molecule has 0 bridgehead atoms. The number of nitrogens with one attached hydrogen (secondary N) is 1. The fourth-order valence-electron chi connectivity index (χ4n) is 2.14. The molecule has 2 rings (SSSR count). The van der Waals surface area contributed by atoms with Crippen molar-refractivity contribution in [3.05, 3.63) is 22.4 Å². The molecule has 1 aromatic heterocycles. The molecule has 0 spiro atoms. The Morgan fingerprint density at radius 1 is 1.65 bits per heavy atom. The standard InChI is InChI=1S/C12H18N2OS.ClH/c1-2-7-14(10-5-6-13-9-10)12(15)11-4-3-8-16-11;/h3-4,8,10,13H,2,5-7,9H2,1H3;1H. The third-order valence-electron chi connectivity index (χ3n) is 2.93. The average molecular weight is 275 g/mol. The molecule has 17 heavy (non-hydrogen) atoms. The van der Waals surface area contributed by atoms with Crippen LogP contribution < -0.4 is 5.32 Å². The van der Waals surface area contributed by atoms with Crippen LogP contribution in [0.4, 0.5) is 0 Å².